The Morgan fingerprint density at radius 1 is 0.944 bits per heavy atom. The monoisotopic (exact) mass is 235 g/mol. The van der Waals surface area contributed by atoms with Gasteiger partial charge in [-0.3, -0.25) is 5.43 Å². The molecule has 0 saturated heterocycles. The van der Waals surface area contributed by atoms with Gasteiger partial charge in [-0.15, -0.1) is 0 Å². The maximum Gasteiger partial charge on any atom is 0.0749 e. The van der Waals surface area contributed by atoms with Crippen molar-refractivity contribution in [3.05, 3.63) is 48.5 Å². The molecule has 3 heteroatoms. The number of benzene rings is 2. The van der Waals surface area contributed by atoms with Crippen molar-refractivity contribution in [3.63, 3.8) is 0 Å². The van der Waals surface area contributed by atoms with Gasteiger partial charge in [0.15, 0.2) is 0 Å². The average molecular weight is 235 g/mol. The first-order valence-corrected chi connectivity index (χ1v) is 5.91. The van der Waals surface area contributed by atoms with E-state index in [2.05, 4.69) is 27.6 Å². The van der Waals surface area contributed by atoms with Crippen LogP contribution in [0.25, 0.3) is 21.8 Å². The van der Waals surface area contributed by atoms with E-state index in [0.29, 0.717) is 0 Å². The third kappa shape index (κ3) is 1.70. The number of pyridine rings is 1. The van der Waals surface area contributed by atoms with Gasteiger partial charge in [-0.1, -0.05) is 36.4 Å². The molecule has 1 N–H and O–H groups in total. The molecule has 0 spiro atoms. The highest BCUT2D eigenvalue weighted by atomic mass is 15.3. The molecule has 88 valence electrons. The van der Waals surface area contributed by atoms with E-state index < -0.39 is 0 Å². The van der Waals surface area contributed by atoms with Gasteiger partial charge in [0.25, 0.3) is 0 Å². The highest BCUT2D eigenvalue weighted by Crippen LogP contribution is 2.30. The minimum absolute atomic E-state index is 0.977. The molecule has 0 radical (unpaired) electrons. The van der Waals surface area contributed by atoms with E-state index >= 15 is 0 Å². The lowest BCUT2D eigenvalue weighted by Gasteiger charge is -2.09. The summed E-state index contributed by atoms with van der Waals surface area (Å²) >= 11 is 0. The lowest BCUT2D eigenvalue weighted by Crippen LogP contribution is -1.93. The van der Waals surface area contributed by atoms with Crippen molar-refractivity contribution in [3.8, 4) is 0 Å². The molecule has 2 aromatic carbocycles. The topological polar surface area (TPSA) is 37.3 Å². The zero-order valence-electron chi connectivity index (χ0n) is 10.1. The van der Waals surface area contributed by atoms with Crippen LogP contribution in [0.1, 0.15) is 6.92 Å². The summed E-state index contributed by atoms with van der Waals surface area (Å²) in [5, 5.41) is 6.31. The molecule has 0 aliphatic rings. The Hall–Kier alpha value is -2.42. The van der Waals surface area contributed by atoms with Crippen LogP contribution < -0.4 is 5.43 Å². The summed E-state index contributed by atoms with van der Waals surface area (Å²) in [7, 11) is 0. The second kappa shape index (κ2) is 4.45. The molecule has 3 nitrogen and oxygen atoms in total. The first kappa shape index (κ1) is 10.7. The summed E-state index contributed by atoms with van der Waals surface area (Å²) in [6.07, 6.45) is 1.74. The van der Waals surface area contributed by atoms with Gasteiger partial charge >= 0.3 is 0 Å². The van der Waals surface area contributed by atoms with Crippen molar-refractivity contribution < 1.29 is 0 Å². The molecule has 0 unspecified atom stereocenters. The zero-order valence-corrected chi connectivity index (χ0v) is 10.1. The Morgan fingerprint density at radius 3 is 2.06 bits per heavy atom. The van der Waals surface area contributed by atoms with Crippen LogP contribution in [0.3, 0.4) is 0 Å². The zero-order chi connectivity index (χ0) is 12.4. The van der Waals surface area contributed by atoms with E-state index in [9.17, 15) is 0 Å². The Morgan fingerprint density at radius 2 is 1.50 bits per heavy atom. The van der Waals surface area contributed by atoms with Gasteiger partial charge in [-0.25, -0.2) is 4.98 Å². The predicted molar refractivity (Wildman–Crippen MR) is 77.0 cm³/mol. The number of nitrogens with one attached hydrogen (secondary N) is 1. The second-order valence-corrected chi connectivity index (χ2v) is 4.02. The molecule has 0 fully saturated rings. The van der Waals surface area contributed by atoms with E-state index in [0.717, 1.165) is 27.5 Å². The fraction of sp³-hybridized carbons (Fsp3) is 0.0667. The lowest BCUT2D eigenvalue weighted by atomic mass is 10.1. The first-order valence-electron chi connectivity index (χ1n) is 5.91. The van der Waals surface area contributed by atoms with Crippen molar-refractivity contribution in [2.45, 2.75) is 6.92 Å². The number of hydrogen-bond acceptors (Lipinski definition) is 3. The van der Waals surface area contributed by atoms with E-state index in [1.807, 2.05) is 43.3 Å². The van der Waals surface area contributed by atoms with Crippen molar-refractivity contribution >= 4 is 33.7 Å². The van der Waals surface area contributed by atoms with Gasteiger partial charge in [-0.2, -0.15) is 5.10 Å². The number of anilines is 1. The quantitative estimate of drug-likeness (QED) is 0.416. The van der Waals surface area contributed by atoms with Gasteiger partial charge in [0.2, 0.25) is 0 Å². The van der Waals surface area contributed by atoms with Crippen LogP contribution in [-0.2, 0) is 0 Å². The van der Waals surface area contributed by atoms with Gasteiger partial charge in [0.1, 0.15) is 0 Å². The minimum Gasteiger partial charge on any atom is -0.277 e. The maximum absolute atomic E-state index is 4.65. The SMILES string of the molecule is C/C=N/Nc1c2ccccc2nc2ccccc12. The molecule has 1 aromatic heterocycles. The van der Waals surface area contributed by atoms with Crippen LogP contribution in [0, 0.1) is 0 Å². The normalized spacial score (nSPS) is 11.4. The molecule has 0 saturated carbocycles. The number of hydrogen-bond donors (Lipinski definition) is 1. The molecule has 0 aliphatic heterocycles. The third-order valence-corrected chi connectivity index (χ3v) is 2.89. The van der Waals surface area contributed by atoms with Crippen LogP contribution in [0.5, 0.6) is 0 Å². The van der Waals surface area contributed by atoms with E-state index in [4.69, 9.17) is 0 Å². The molecule has 3 aromatic rings. The summed E-state index contributed by atoms with van der Waals surface area (Å²) in [6.45, 7) is 1.89. The highest BCUT2D eigenvalue weighted by molar-refractivity contribution is 6.07. The number of rotatable bonds is 2. The smallest absolute Gasteiger partial charge is 0.0749 e. The number of fused-ring (bicyclic) bond motifs is 2. The van der Waals surface area contributed by atoms with Crippen LogP contribution in [0.2, 0.25) is 0 Å². The van der Waals surface area contributed by atoms with E-state index in [-0.39, 0.29) is 0 Å². The van der Waals surface area contributed by atoms with Crippen LogP contribution in [0.4, 0.5) is 5.69 Å². The standard InChI is InChI=1S/C15H13N3/c1-2-16-18-15-11-7-3-5-9-13(11)17-14-10-6-4-8-12(14)15/h2-10H,1H3,(H,17,18)/b16-2+. The number of aromatic nitrogens is 1. The summed E-state index contributed by atoms with van der Waals surface area (Å²) in [4.78, 5) is 4.65. The Balaban J connectivity index is 2.41. The Bertz CT molecular complexity index is 678. The Kier molecular flexibility index (Phi) is 2.65. The minimum atomic E-state index is 0.977. The van der Waals surface area contributed by atoms with Crippen molar-refractivity contribution in [1.82, 2.24) is 4.98 Å². The fourth-order valence-corrected chi connectivity index (χ4v) is 2.09. The summed E-state index contributed by atoms with van der Waals surface area (Å²) in [5.41, 5.74) is 6.07. The fourth-order valence-electron chi connectivity index (χ4n) is 2.09. The predicted octanol–water partition coefficient (Wildman–Crippen LogP) is 3.81. The number of para-hydroxylation sites is 2. The molecule has 0 bridgehead atoms. The van der Waals surface area contributed by atoms with Crippen LogP contribution in [-0.4, -0.2) is 11.2 Å². The molecule has 1 heterocycles. The van der Waals surface area contributed by atoms with E-state index in [1.165, 1.54) is 0 Å². The molecular weight excluding hydrogens is 222 g/mol. The maximum atomic E-state index is 4.65. The second-order valence-electron chi connectivity index (χ2n) is 4.02. The third-order valence-electron chi connectivity index (χ3n) is 2.89. The van der Waals surface area contributed by atoms with E-state index in [1.54, 1.807) is 6.21 Å². The lowest BCUT2D eigenvalue weighted by molar-refractivity contribution is 1.36. The van der Waals surface area contributed by atoms with Crippen molar-refractivity contribution in [1.29, 1.82) is 0 Å². The Labute approximate surface area is 105 Å². The average Bonchev–Trinajstić information content (AvgIpc) is 2.43. The van der Waals surface area contributed by atoms with Gasteiger partial charge in [0, 0.05) is 17.0 Å². The summed E-state index contributed by atoms with van der Waals surface area (Å²) < 4.78 is 0. The van der Waals surface area contributed by atoms with Gasteiger partial charge < -0.3 is 0 Å². The molecule has 18 heavy (non-hydrogen) atoms. The summed E-state index contributed by atoms with van der Waals surface area (Å²) in [6, 6.07) is 16.2. The van der Waals surface area contributed by atoms with Gasteiger partial charge in [-0.05, 0) is 19.1 Å². The number of hydrazone groups is 1. The molecule has 0 atom stereocenters. The van der Waals surface area contributed by atoms with Crippen molar-refractivity contribution in [2.75, 3.05) is 5.43 Å². The molecular formula is C15H13N3. The highest BCUT2D eigenvalue weighted by Gasteiger charge is 2.07. The molecule has 0 amide bonds. The van der Waals surface area contributed by atoms with Gasteiger partial charge in [0.05, 0.1) is 16.7 Å². The first-order chi connectivity index (χ1) is 8.90. The molecule has 0 aliphatic carbocycles. The molecule has 3 rings (SSSR count). The largest absolute Gasteiger partial charge is 0.277 e. The van der Waals surface area contributed by atoms with Crippen LogP contribution >= 0.6 is 0 Å². The van der Waals surface area contributed by atoms with Crippen molar-refractivity contribution in [2.24, 2.45) is 5.10 Å². The van der Waals surface area contributed by atoms with Crippen LogP contribution in [0.15, 0.2) is 53.6 Å². The summed E-state index contributed by atoms with van der Waals surface area (Å²) in [5.74, 6) is 0. The number of nitrogens with zero attached hydrogens (tertiary/aromatic N) is 2.